The van der Waals surface area contributed by atoms with Crippen molar-refractivity contribution in [2.45, 2.75) is 31.6 Å². The van der Waals surface area contributed by atoms with Crippen molar-refractivity contribution in [3.63, 3.8) is 0 Å². The quantitative estimate of drug-likeness (QED) is 0.786. The molecule has 1 unspecified atom stereocenters. The molecule has 112 valence electrons. The summed E-state index contributed by atoms with van der Waals surface area (Å²) in [7, 11) is -3.38. The van der Waals surface area contributed by atoms with Crippen molar-refractivity contribution in [3.05, 3.63) is 53.1 Å². The van der Waals surface area contributed by atoms with E-state index in [-0.39, 0.29) is 5.92 Å². The smallest absolute Gasteiger partial charge is 0.207 e. The number of aryl methyl sites for hydroxylation is 1. The molecule has 0 bridgehead atoms. The fourth-order valence-electron chi connectivity index (χ4n) is 3.11. The Hall–Kier alpha value is -1.39. The highest BCUT2D eigenvalue weighted by Gasteiger charge is 2.36. The standard InChI is InChI=1S/C17H21NO2S/c1-13-7-9-16(10-8-13)21(19,20)18-11-15-6-4-3-5-14(2)17(15)12-18/h5-10,17H,3-4,11-12H2,1-2H3. The Labute approximate surface area is 127 Å². The molecule has 0 aromatic heterocycles. The molecule has 21 heavy (non-hydrogen) atoms. The van der Waals surface area contributed by atoms with E-state index in [4.69, 9.17) is 0 Å². The molecule has 1 saturated heterocycles. The zero-order valence-corrected chi connectivity index (χ0v) is 13.4. The van der Waals surface area contributed by atoms with Gasteiger partial charge in [0.25, 0.3) is 0 Å². The number of fused-ring (bicyclic) bond motifs is 1. The van der Waals surface area contributed by atoms with Gasteiger partial charge in [-0.3, -0.25) is 0 Å². The largest absolute Gasteiger partial charge is 0.243 e. The van der Waals surface area contributed by atoms with Crippen LogP contribution in [-0.2, 0) is 10.0 Å². The molecule has 0 radical (unpaired) electrons. The molecule has 1 aromatic rings. The highest BCUT2D eigenvalue weighted by molar-refractivity contribution is 7.89. The lowest BCUT2D eigenvalue weighted by molar-refractivity contribution is 0.468. The molecular weight excluding hydrogens is 282 g/mol. The summed E-state index contributed by atoms with van der Waals surface area (Å²) in [5.41, 5.74) is 3.64. The zero-order valence-electron chi connectivity index (χ0n) is 12.5. The second-order valence-electron chi connectivity index (χ2n) is 5.97. The lowest BCUT2D eigenvalue weighted by Crippen LogP contribution is -2.29. The maximum absolute atomic E-state index is 12.8. The molecule has 1 heterocycles. The van der Waals surface area contributed by atoms with Gasteiger partial charge < -0.3 is 0 Å². The van der Waals surface area contributed by atoms with Crippen LogP contribution in [-0.4, -0.2) is 25.8 Å². The van der Waals surface area contributed by atoms with E-state index < -0.39 is 10.0 Å². The molecule has 1 aliphatic carbocycles. The van der Waals surface area contributed by atoms with Crippen molar-refractivity contribution in [3.8, 4) is 0 Å². The van der Waals surface area contributed by atoms with Gasteiger partial charge in [0.15, 0.2) is 0 Å². The Bertz CT molecular complexity index is 699. The van der Waals surface area contributed by atoms with Gasteiger partial charge in [-0.1, -0.05) is 41.0 Å². The Balaban J connectivity index is 1.90. The third kappa shape index (κ3) is 2.70. The van der Waals surface area contributed by atoms with Crippen LogP contribution in [0.3, 0.4) is 0 Å². The summed E-state index contributed by atoms with van der Waals surface area (Å²) in [6, 6.07) is 7.11. The van der Waals surface area contributed by atoms with E-state index in [0.29, 0.717) is 18.0 Å². The van der Waals surface area contributed by atoms with E-state index in [2.05, 4.69) is 19.1 Å². The first-order chi connectivity index (χ1) is 9.98. The first-order valence-electron chi connectivity index (χ1n) is 7.41. The second kappa shape index (κ2) is 5.43. The first-order valence-corrected chi connectivity index (χ1v) is 8.85. The van der Waals surface area contributed by atoms with Crippen LogP contribution in [0.5, 0.6) is 0 Å². The topological polar surface area (TPSA) is 37.4 Å². The van der Waals surface area contributed by atoms with Gasteiger partial charge in [0.1, 0.15) is 0 Å². The van der Waals surface area contributed by atoms with E-state index in [1.807, 2.05) is 19.1 Å². The average Bonchev–Trinajstić information content (AvgIpc) is 2.82. The van der Waals surface area contributed by atoms with Crippen molar-refractivity contribution in [2.24, 2.45) is 5.92 Å². The molecule has 3 rings (SSSR count). The van der Waals surface area contributed by atoms with Gasteiger partial charge in [-0.25, -0.2) is 8.42 Å². The molecule has 0 spiro atoms. The molecule has 1 atom stereocenters. The van der Waals surface area contributed by atoms with Crippen molar-refractivity contribution in [1.29, 1.82) is 0 Å². The monoisotopic (exact) mass is 303 g/mol. The summed E-state index contributed by atoms with van der Waals surface area (Å²) in [4.78, 5) is 0.395. The SMILES string of the molecule is CC1=CCCC=C2CN(S(=O)(=O)c3ccc(C)cc3)CC12. The maximum atomic E-state index is 12.8. The van der Waals surface area contributed by atoms with Crippen molar-refractivity contribution >= 4 is 10.0 Å². The molecule has 1 fully saturated rings. The minimum atomic E-state index is -3.38. The van der Waals surface area contributed by atoms with Gasteiger partial charge in [0.2, 0.25) is 10.0 Å². The van der Waals surface area contributed by atoms with E-state index in [1.165, 1.54) is 11.1 Å². The number of rotatable bonds is 2. The van der Waals surface area contributed by atoms with Crippen LogP contribution in [0.15, 0.2) is 52.5 Å². The van der Waals surface area contributed by atoms with Crippen molar-refractivity contribution in [2.75, 3.05) is 13.1 Å². The molecule has 0 amide bonds. The van der Waals surface area contributed by atoms with Gasteiger partial charge in [-0.15, -0.1) is 0 Å². The lowest BCUT2D eigenvalue weighted by atomic mass is 9.96. The Morgan fingerprint density at radius 1 is 1.05 bits per heavy atom. The number of sulfonamides is 1. The van der Waals surface area contributed by atoms with Gasteiger partial charge >= 0.3 is 0 Å². The van der Waals surface area contributed by atoms with Gasteiger partial charge in [0, 0.05) is 19.0 Å². The minimum absolute atomic E-state index is 0.271. The Kier molecular flexibility index (Phi) is 3.76. The number of hydrogen-bond acceptors (Lipinski definition) is 2. The molecule has 4 heteroatoms. The van der Waals surface area contributed by atoms with Crippen LogP contribution in [0.4, 0.5) is 0 Å². The summed E-state index contributed by atoms with van der Waals surface area (Å²) in [6.45, 7) is 5.19. The van der Waals surface area contributed by atoms with Crippen molar-refractivity contribution < 1.29 is 8.42 Å². The van der Waals surface area contributed by atoms with Crippen LogP contribution in [0, 0.1) is 12.8 Å². The molecule has 0 saturated carbocycles. The highest BCUT2D eigenvalue weighted by atomic mass is 32.2. The fraction of sp³-hybridized carbons (Fsp3) is 0.412. The highest BCUT2D eigenvalue weighted by Crippen LogP contribution is 2.34. The van der Waals surface area contributed by atoms with Crippen LogP contribution >= 0.6 is 0 Å². The zero-order chi connectivity index (χ0) is 15.0. The number of benzene rings is 1. The third-order valence-electron chi connectivity index (χ3n) is 4.44. The average molecular weight is 303 g/mol. The van der Waals surface area contributed by atoms with Gasteiger partial charge in [0.05, 0.1) is 4.90 Å². The van der Waals surface area contributed by atoms with Crippen LogP contribution in [0.25, 0.3) is 0 Å². The summed E-state index contributed by atoms with van der Waals surface area (Å²) in [5.74, 6) is 0.271. The van der Waals surface area contributed by atoms with Crippen molar-refractivity contribution in [1.82, 2.24) is 4.31 Å². The van der Waals surface area contributed by atoms with E-state index >= 15 is 0 Å². The third-order valence-corrected chi connectivity index (χ3v) is 6.27. The Morgan fingerprint density at radius 3 is 2.43 bits per heavy atom. The van der Waals surface area contributed by atoms with Crippen LogP contribution in [0.2, 0.25) is 0 Å². The summed E-state index contributed by atoms with van der Waals surface area (Å²) < 4.78 is 27.1. The van der Waals surface area contributed by atoms with E-state index in [0.717, 1.165) is 18.4 Å². The minimum Gasteiger partial charge on any atom is -0.207 e. The second-order valence-corrected chi connectivity index (χ2v) is 7.91. The normalized spacial score (nSPS) is 23.2. The summed E-state index contributed by atoms with van der Waals surface area (Å²) >= 11 is 0. The fourth-order valence-corrected chi connectivity index (χ4v) is 4.55. The first kappa shape index (κ1) is 14.5. The Morgan fingerprint density at radius 2 is 1.71 bits per heavy atom. The van der Waals surface area contributed by atoms with E-state index in [1.54, 1.807) is 16.4 Å². The van der Waals surface area contributed by atoms with Crippen LogP contribution in [0.1, 0.15) is 25.3 Å². The molecule has 1 aromatic carbocycles. The molecule has 2 aliphatic rings. The number of nitrogens with zero attached hydrogens (tertiary/aromatic N) is 1. The predicted octanol–water partition coefficient (Wildman–Crippen LogP) is 3.28. The maximum Gasteiger partial charge on any atom is 0.243 e. The molecule has 1 aliphatic heterocycles. The van der Waals surface area contributed by atoms with Gasteiger partial charge in [-0.2, -0.15) is 4.31 Å². The lowest BCUT2D eigenvalue weighted by Gasteiger charge is -2.16. The van der Waals surface area contributed by atoms with Crippen LogP contribution < -0.4 is 0 Å². The summed E-state index contributed by atoms with van der Waals surface area (Å²) in [5, 5.41) is 0. The molecular formula is C17H21NO2S. The predicted molar refractivity (Wildman–Crippen MR) is 84.5 cm³/mol. The number of allylic oxidation sites excluding steroid dienone is 2. The summed E-state index contributed by atoms with van der Waals surface area (Å²) in [6.07, 6.45) is 6.55. The van der Waals surface area contributed by atoms with E-state index in [9.17, 15) is 8.42 Å². The van der Waals surface area contributed by atoms with Gasteiger partial charge in [-0.05, 0) is 38.8 Å². The number of hydrogen-bond donors (Lipinski definition) is 0. The molecule has 3 nitrogen and oxygen atoms in total. The molecule has 0 N–H and O–H groups in total.